The molecule has 0 unspecified atom stereocenters. The van der Waals surface area contributed by atoms with Crippen molar-refractivity contribution < 1.29 is 4.79 Å². The molecule has 1 aliphatic heterocycles. The van der Waals surface area contributed by atoms with Gasteiger partial charge in [-0.2, -0.15) is 0 Å². The summed E-state index contributed by atoms with van der Waals surface area (Å²) in [6.07, 6.45) is 1.74. The van der Waals surface area contributed by atoms with Gasteiger partial charge in [-0.3, -0.25) is 4.79 Å². The molecule has 0 aliphatic carbocycles. The van der Waals surface area contributed by atoms with Gasteiger partial charge < -0.3 is 4.90 Å². The third-order valence-electron chi connectivity index (χ3n) is 3.73. The van der Waals surface area contributed by atoms with Crippen molar-refractivity contribution >= 4 is 29.1 Å². The van der Waals surface area contributed by atoms with Gasteiger partial charge in [0.15, 0.2) is 0 Å². The van der Waals surface area contributed by atoms with E-state index < -0.39 is 0 Å². The molecule has 21 heavy (non-hydrogen) atoms. The van der Waals surface area contributed by atoms with Crippen LogP contribution in [0.2, 0.25) is 10.0 Å². The maximum atomic E-state index is 12.1. The standard InChI is InChI=1S/C17H19Cl2NO/c1-3-4-5-17(21)20-10-12(2)8-14(11-20)13-6-7-15(18)16(19)9-13/h6-7,9,12,14H,3,8,10-11H2,1-2H3/t12-,14-/m1/s1. The van der Waals surface area contributed by atoms with Gasteiger partial charge in [0.05, 0.1) is 10.0 Å². The van der Waals surface area contributed by atoms with Crippen LogP contribution in [0.1, 0.15) is 38.2 Å². The van der Waals surface area contributed by atoms with Gasteiger partial charge >= 0.3 is 0 Å². The Kier molecular flexibility index (Phi) is 5.56. The highest BCUT2D eigenvalue weighted by molar-refractivity contribution is 6.42. The zero-order valence-electron chi connectivity index (χ0n) is 12.3. The summed E-state index contributed by atoms with van der Waals surface area (Å²) in [6.45, 7) is 5.57. The summed E-state index contributed by atoms with van der Waals surface area (Å²) in [5, 5.41) is 1.13. The molecule has 2 rings (SSSR count). The van der Waals surface area contributed by atoms with Gasteiger partial charge in [0, 0.05) is 25.4 Å². The molecule has 2 atom stereocenters. The topological polar surface area (TPSA) is 20.3 Å². The zero-order valence-corrected chi connectivity index (χ0v) is 13.8. The monoisotopic (exact) mass is 323 g/mol. The van der Waals surface area contributed by atoms with E-state index in [1.54, 1.807) is 0 Å². The maximum Gasteiger partial charge on any atom is 0.298 e. The summed E-state index contributed by atoms with van der Waals surface area (Å²) in [5.41, 5.74) is 1.14. The quantitative estimate of drug-likeness (QED) is 0.703. The minimum atomic E-state index is -0.0755. The van der Waals surface area contributed by atoms with E-state index in [-0.39, 0.29) is 11.8 Å². The number of carbonyl (C=O) groups excluding carboxylic acids is 1. The highest BCUT2D eigenvalue weighted by Crippen LogP contribution is 2.33. The average Bonchev–Trinajstić information content (AvgIpc) is 2.47. The first kappa shape index (κ1) is 16.2. The molecule has 1 fully saturated rings. The largest absolute Gasteiger partial charge is 0.331 e. The molecule has 0 spiro atoms. The number of carbonyl (C=O) groups is 1. The van der Waals surface area contributed by atoms with Crippen molar-refractivity contribution in [2.45, 2.75) is 32.6 Å². The second kappa shape index (κ2) is 7.20. The van der Waals surface area contributed by atoms with E-state index in [0.717, 1.165) is 18.5 Å². The molecule has 1 aliphatic rings. The number of hydrogen-bond acceptors (Lipinski definition) is 1. The van der Waals surface area contributed by atoms with Gasteiger partial charge in [-0.1, -0.05) is 49.0 Å². The van der Waals surface area contributed by atoms with Gasteiger partial charge in [-0.05, 0) is 36.0 Å². The van der Waals surface area contributed by atoms with Crippen molar-refractivity contribution in [2.75, 3.05) is 13.1 Å². The highest BCUT2D eigenvalue weighted by Gasteiger charge is 2.28. The lowest BCUT2D eigenvalue weighted by molar-refractivity contribution is -0.127. The van der Waals surface area contributed by atoms with Crippen LogP contribution in [-0.4, -0.2) is 23.9 Å². The van der Waals surface area contributed by atoms with Crippen LogP contribution in [0.15, 0.2) is 18.2 Å². The first-order valence-corrected chi connectivity index (χ1v) is 7.99. The summed E-state index contributed by atoms with van der Waals surface area (Å²) < 4.78 is 0. The molecule has 2 nitrogen and oxygen atoms in total. The Bertz CT molecular complexity index is 588. The fourth-order valence-corrected chi connectivity index (χ4v) is 3.07. The lowest BCUT2D eigenvalue weighted by Crippen LogP contribution is -2.42. The zero-order chi connectivity index (χ0) is 15.4. The fourth-order valence-electron chi connectivity index (χ4n) is 2.77. The Morgan fingerprint density at radius 1 is 1.33 bits per heavy atom. The Balaban J connectivity index is 2.17. The number of likely N-dealkylation sites (tertiary alicyclic amines) is 1. The fraction of sp³-hybridized carbons (Fsp3) is 0.471. The molecule has 1 saturated heterocycles. The Hall–Kier alpha value is -1.17. The molecular weight excluding hydrogens is 305 g/mol. The second-order valence-corrected chi connectivity index (χ2v) is 6.39. The van der Waals surface area contributed by atoms with E-state index in [1.807, 2.05) is 30.0 Å². The highest BCUT2D eigenvalue weighted by atomic mass is 35.5. The Morgan fingerprint density at radius 2 is 2.10 bits per heavy atom. The molecule has 0 radical (unpaired) electrons. The summed E-state index contributed by atoms with van der Waals surface area (Å²) in [6, 6.07) is 5.73. The number of rotatable bonds is 1. The molecule has 0 saturated carbocycles. The van der Waals surface area contributed by atoms with Crippen molar-refractivity contribution in [3.8, 4) is 11.8 Å². The van der Waals surface area contributed by atoms with Crippen molar-refractivity contribution in [2.24, 2.45) is 5.92 Å². The molecule has 0 aromatic heterocycles. The van der Waals surface area contributed by atoms with Gasteiger partial charge in [0.1, 0.15) is 0 Å². The molecule has 0 bridgehead atoms. The molecule has 1 amide bonds. The molecule has 1 aromatic carbocycles. The van der Waals surface area contributed by atoms with Crippen LogP contribution in [0.25, 0.3) is 0 Å². The number of benzene rings is 1. The van der Waals surface area contributed by atoms with E-state index in [2.05, 4.69) is 18.8 Å². The van der Waals surface area contributed by atoms with E-state index >= 15 is 0 Å². The Labute approximate surface area is 136 Å². The van der Waals surface area contributed by atoms with Crippen molar-refractivity contribution in [3.63, 3.8) is 0 Å². The van der Waals surface area contributed by atoms with E-state index in [4.69, 9.17) is 23.2 Å². The van der Waals surface area contributed by atoms with Gasteiger partial charge in [-0.25, -0.2) is 0 Å². The van der Waals surface area contributed by atoms with Gasteiger partial charge in [0.25, 0.3) is 5.91 Å². The van der Waals surface area contributed by atoms with Crippen LogP contribution in [0.4, 0.5) is 0 Å². The minimum Gasteiger partial charge on any atom is -0.331 e. The normalized spacial score (nSPS) is 21.6. The van der Waals surface area contributed by atoms with Crippen molar-refractivity contribution in [1.82, 2.24) is 4.90 Å². The predicted octanol–water partition coefficient (Wildman–Crippen LogP) is 4.36. The molecule has 1 heterocycles. The van der Waals surface area contributed by atoms with E-state index in [1.165, 1.54) is 0 Å². The molecule has 4 heteroatoms. The third-order valence-corrected chi connectivity index (χ3v) is 4.47. The molecular formula is C17H19Cl2NO. The van der Waals surface area contributed by atoms with Crippen LogP contribution in [0, 0.1) is 17.8 Å². The third kappa shape index (κ3) is 4.15. The lowest BCUT2D eigenvalue weighted by Gasteiger charge is -2.35. The number of halogens is 2. The number of nitrogens with zero attached hydrogens (tertiary/aromatic N) is 1. The second-order valence-electron chi connectivity index (χ2n) is 5.58. The minimum absolute atomic E-state index is 0.0755. The summed E-state index contributed by atoms with van der Waals surface area (Å²) >= 11 is 12.1. The lowest BCUT2D eigenvalue weighted by atomic mass is 9.85. The summed E-state index contributed by atoms with van der Waals surface area (Å²) in [5.74, 6) is 6.22. The van der Waals surface area contributed by atoms with Crippen LogP contribution in [0.3, 0.4) is 0 Å². The average molecular weight is 324 g/mol. The summed E-state index contributed by atoms with van der Waals surface area (Å²) in [7, 11) is 0. The van der Waals surface area contributed by atoms with E-state index in [9.17, 15) is 4.79 Å². The Morgan fingerprint density at radius 3 is 2.76 bits per heavy atom. The smallest absolute Gasteiger partial charge is 0.298 e. The number of hydrogen-bond donors (Lipinski definition) is 0. The summed E-state index contributed by atoms with van der Waals surface area (Å²) in [4.78, 5) is 14.0. The number of amides is 1. The molecule has 1 aromatic rings. The van der Waals surface area contributed by atoms with Crippen LogP contribution in [-0.2, 0) is 4.79 Å². The maximum absolute atomic E-state index is 12.1. The SMILES string of the molecule is CCC#CC(=O)N1C[C@H](C)C[C@@H](c2ccc(Cl)c(Cl)c2)C1. The molecule has 112 valence electrons. The predicted molar refractivity (Wildman–Crippen MR) is 87.6 cm³/mol. The first-order chi connectivity index (χ1) is 10.0. The molecule has 0 N–H and O–H groups in total. The van der Waals surface area contributed by atoms with Crippen molar-refractivity contribution in [3.05, 3.63) is 33.8 Å². The van der Waals surface area contributed by atoms with Gasteiger partial charge in [-0.15, -0.1) is 0 Å². The van der Waals surface area contributed by atoms with Crippen molar-refractivity contribution in [1.29, 1.82) is 0 Å². The number of piperidine rings is 1. The van der Waals surface area contributed by atoms with E-state index in [0.29, 0.717) is 28.9 Å². The van der Waals surface area contributed by atoms with Gasteiger partial charge in [0.2, 0.25) is 0 Å². The van der Waals surface area contributed by atoms with Crippen LogP contribution < -0.4 is 0 Å². The van der Waals surface area contributed by atoms with Crippen LogP contribution in [0.5, 0.6) is 0 Å². The first-order valence-electron chi connectivity index (χ1n) is 7.24. The van der Waals surface area contributed by atoms with Crippen LogP contribution >= 0.6 is 23.2 Å².